The van der Waals surface area contributed by atoms with Gasteiger partial charge < -0.3 is 19.9 Å². The van der Waals surface area contributed by atoms with Crippen LogP contribution < -0.4 is 5.32 Å². The number of aryl methyl sites for hydroxylation is 2. The lowest BCUT2D eigenvalue weighted by Crippen LogP contribution is -2.32. The van der Waals surface area contributed by atoms with Gasteiger partial charge in [-0.15, -0.1) is 5.10 Å². The van der Waals surface area contributed by atoms with Crippen LogP contribution in [-0.2, 0) is 20.8 Å². The highest BCUT2D eigenvalue weighted by Crippen LogP contribution is 2.41. The van der Waals surface area contributed by atoms with Gasteiger partial charge in [0, 0.05) is 31.0 Å². The van der Waals surface area contributed by atoms with Crippen molar-refractivity contribution in [1.29, 1.82) is 0 Å². The van der Waals surface area contributed by atoms with Gasteiger partial charge in [0.1, 0.15) is 29.5 Å². The molecule has 6 rings (SSSR count). The molecule has 11 nitrogen and oxygen atoms in total. The first-order chi connectivity index (χ1) is 19.9. The lowest BCUT2D eigenvalue weighted by atomic mass is 9.90. The number of hydrogen-bond donors (Lipinski definition) is 2. The molecule has 222 valence electrons. The number of carbonyl (C=O) groups is 1. The number of nitrogens with one attached hydrogen (secondary N) is 1. The molecule has 2 aliphatic rings. The van der Waals surface area contributed by atoms with E-state index in [0.29, 0.717) is 61.6 Å². The molecule has 4 aromatic rings. The van der Waals surface area contributed by atoms with Crippen LogP contribution in [-0.4, -0.2) is 65.8 Å². The lowest BCUT2D eigenvalue weighted by molar-refractivity contribution is -0.192. The predicted molar refractivity (Wildman–Crippen MR) is 135 cm³/mol. The molecule has 1 atom stereocenters. The van der Waals surface area contributed by atoms with Crippen molar-refractivity contribution in [2.24, 2.45) is 0 Å². The van der Waals surface area contributed by atoms with Crippen molar-refractivity contribution >= 4 is 17.6 Å². The van der Waals surface area contributed by atoms with E-state index in [9.17, 15) is 22.0 Å². The summed E-state index contributed by atoms with van der Waals surface area (Å²) < 4.78 is 75.3. The molecule has 2 aromatic carbocycles. The summed E-state index contributed by atoms with van der Waals surface area (Å²) in [5.74, 6) is -2.83. The summed E-state index contributed by atoms with van der Waals surface area (Å²) in [6, 6.07) is 11.1. The highest BCUT2D eigenvalue weighted by atomic mass is 19.4. The first-order valence-electron chi connectivity index (χ1n) is 12.7. The van der Waals surface area contributed by atoms with Crippen LogP contribution in [0.2, 0.25) is 0 Å². The maximum atomic E-state index is 14.8. The molecule has 42 heavy (non-hydrogen) atoms. The Morgan fingerprint density at radius 1 is 1.10 bits per heavy atom. The summed E-state index contributed by atoms with van der Waals surface area (Å²) in [6.07, 6.45) is -2.46. The van der Waals surface area contributed by atoms with E-state index in [-0.39, 0.29) is 11.7 Å². The summed E-state index contributed by atoms with van der Waals surface area (Å²) in [5, 5.41) is 19.0. The van der Waals surface area contributed by atoms with Crippen molar-refractivity contribution in [3.05, 3.63) is 77.6 Å². The molecular weight excluding hydrogens is 569 g/mol. The van der Waals surface area contributed by atoms with E-state index in [1.54, 1.807) is 31.2 Å². The summed E-state index contributed by atoms with van der Waals surface area (Å²) in [4.78, 5) is 17.7. The van der Waals surface area contributed by atoms with E-state index in [1.807, 2.05) is 4.68 Å². The minimum Gasteiger partial charge on any atom is -0.475 e. The predicted octanol–water partition coefficient (Wildman–Crippen LogP) is 4.49. The minimum absolute atomic E-state index is 0.214. The lowest BCUT2D eigenvalue weighted by Gasteiger charge is -2.28. The Morgan fingerprint density at radius 2 is 1.79 bits per heavy atom. The number of fused-ring (bicyclic) bond motifs is 1. The molecule has 2 aromatic heterocycles. The molecule has 1 fully saturated rings. The summed E-state index contributed by atoms with van der Waals surface area (Å²) in [7, 11) is 0. The smallest absolute Gasteiger partial charge is 0.475 e. The van der Waals surface area contributed by atoms with E-state index in [2.05, 4.69) is 20.5 Å². The largest absolute Gasteiger partial charge is 0.490 e. The van der Waals surface area contributed by atoms with Gasteiger partial charge in [0.15, 0.2) is 11.6 Å². The molecule has 0 bridgehead atoms. The van der Waals surface area contributed by atoms with Gasteiger partial charge in [0.2, 0.25) is 5.95 Å². The number of hydrogen-bond acceptors (Lipinski definition) is 8. The second-order valence-electron chi connectivity index (χ2n) is 9.51. The van der Waals surface area contributed by atoms with Crippen LogP contribution in [0.15, 0.2) is 48.8 Å². The van der Waals surface area contributed by atoms with Gasteiger partial charge >= 0.3 is 12.1 Å². The van der Waals surface area contributed by atoms with Crippen molar-refractivity contribution in [3.63, 3.8) is 0 Å². The van der Waals surface area contributed by atoms with Gasteiger partial charge in [0.25, 0.3) is 0 Å². The Balaban J connectivity index is 0.000000451. The van der Waals surface area contributed by atoms with Crippen molar-refractivity contribution in [1.82, 2.24) is 29.5 Å². The van der Waals surface area contributed by atoms with Crippen molar-refractivity contribution in [2.45, 2.75) is 44.2 Å². The Kier molecular flexibility index (Phi) is 7.92. The fourth-order valence-electron chi connectivity index (χ4n) is 4.69. The zero-order valence-corrected chi connectivity index (χ0v) is 22.0. The molecule has 4 heterocycles. The fraction of sp³-hybridized carbons (Fsp3) is 0.346. The monoisotopic (exact) mass is 593 g/mol. The molecule has 0 radical (unpaired) electrons. The number of rotatable bonds is 4. The third kappa shape index (κ3) is 6.38. The van der Waals surface area contributed by atoms with Gasteiger partial charge in [-0.25, -0.2) is 27.9 Å². The maximum Gasteiger partial charge on any atom is 0.490 e. The van der Waals surface area contributed by atoms with Gasteiger partial charge in [-0.1, -0.05) is 12.1 Å². The first kappa shape index (κ1) is 29.1. The zero-order valence-electron chi connectivity index (χ0n) is 22.0. The number of halogens is 5. The molecule has 0 amide bonds. The summed E-state index contributed by atoms with van der Waals surface area (Å²) >= 11 is 0. The maximum absolute atomic E-state index is 14.8. The second kappa shape index (κ2) is 11.4. The summed E-state index contributed by atoms with van der Waals surface area (Å²) in [5.41, 5.74) is 1.69. The number of alkyl halides is 3. The molecule has 2 N–H and O–H groups in total. The highest BCUT2D eigenvalue weighted by molar-refractivity contribution is 5.73. The fourth-order valence-corrected chi connectivity index (χ4v) is 4.69. The Hall–Kier alpha value is -4.44. The number of aliphatic carboxylic acids is 1. The molecular formula is C26H24F5N7O4. The molecule has 1 unspecified atom stereocenters. The van der Waals surface area contributed by atoms with E-state index in [0.717, 1.165) is 5.56 Å². The van der Waals surface area contributed by atoms with Gasteiger partial charge in [-0.2, -0.15) is 23.3 Å². The van der Waals surface area contributed by atoms with Gasteiger partial charge in [0.05, 0.1) is 13.2 Å². The van der Waals surface area contributed by atoms with E-state index < -0.39 is 23.7 Å². The van der Waals surface area contributed by atoms with Crippen LogP contribution in [0.3, 0.4) is 0 Å². The van der Waals surface area contributed by atoms with Crippen molar-refractivity contribution in [3.8, 4) is 5.69 Å². The van der Waals surface area contributed by atoms with E-state index in [1.165, 1.54) is 29.2 Å². The van der Waals surface area contributed by atoms with Crippen LogP contribution in [0, 0.1) is 18.6 Å². The molecule has 2 aliphatic heterocycles. The van der Waals surface area contributed by atoms with Crippen LogP contribution in [0.25, 0.3) is 5.69 Å². The standard InChI is InChI=1S/C24H23F2N7O2.C2HF3O2/c1-15-27-14-33(30-15)21-7-6-18(12-20(21)26)28-23-29-22-19(16-2-4-17(25)5-3-16)13-24(34-10-11-35-24)8-9-32(22)31-23;3-2(4,5)1(6)7/h2-7,12,14,19H,8-11,13H2,1H3,(H,28,31);(H,6,7). The Morgan fingerprint density at radius 3 is 2.38 bits per heavy atom. The number of anilines is 2. The zero-order chi connectivity index (χ0) is 30.1. The average Bonchev–Trinajstić information content (AvgIpc) is 3.65. The Labute approximate surface area is 234 Å². The molecule has 16 heteroatoms. The number of nitrogens with zero attached hydrogens (tertiary/aromatic N) is 6. The third-order valence-electron chi connectivity index (χ3n) is 6.62. The molecule has 1 saturated heterocycles. The van der Waals surface area contributed by atoms with Crippen LogP contribution in [0.4, 0.5) is 33.6 Å². The summed E-state index contributed by atoms with van der Waals surface area (Å²) in [6.45, 7) is 3.36. The van der Waals surface area contributed by atoms with E-state index >= 15 is 0 Å². The van der Waals surface area contributed by atoms with Crippen LogP contribution >= 0.6 is 0 Å². The third-order valence-corrected chi connectivity index (χ3v) is 6.62. The Bertz CT molecular complexity index is 1570. The number of carboxylic acid groups (broad SMARTS) is 1. The van der Waals surface area contributed by atoms with Crippen molar-refractivity contribution in [2.75, 3.05) is 18.5 Å². The van der Waals surface area contributed by atoms with Crippen molar-refractivity contribution < 1.29 is 41.3 Å². The first-order valence-corrected chi connectivity index (χ1v) is 12.7. The molecule has 0 saturated carbocycles. The SMILES string of the molecule is Cc1ncn(-c2ccc(Nc3nc4n(n3)CCC3(CC4c4ccc(F)cc4)OCCO3)cc2F)n1.O=C(O)C(F)(F)F. The van der Waals surface area contributed by atoms with Crippen LogP contribution in [0.1, 0.15) is 36.0 Å². The highest BCUT2D eigenvalue weighted by Gasteiger charge is 2.43. The molecule has 0 aliphatic carbocycles. The number of aromatic nitrogens is 6. The number of benzene rings is 2. The molecule has 1 spiro atoms. The number of carboxylic acids is 1. The second-order valence-corrected chi connectivity index (χ2v) is 9.51. The average molecular weight is 594 g/mol. The minimum atomic E-state index is -5.08. The number of ether oxygens (including phenoxy) is 2. The van der Waals surface area contributed by atoms with Gasteiger partial charge in [-0.05, 0) is 42.8 Å². The van der Waals surface area contributed by atoms with Gasteiger partial charge in [-0.3, -0.25) is 0 Å². The topological polar surface area (TPSA) is 129 Å². The normalized spacial score (nSPS) is 17.7. The van der Waals surface area contributed by atoms with E-state index in [4.69, 9.17) is 24.4 Å². The quantitative estimate of drug-likeness (QED) is 0.329. The van der Waals surface area contributed by atoms with Crippen LogP contribution in [0.5, 0.6) is 0 Å².